The summed E-state index contributed by atoms with van der Waals surface area (Å²) in [6.07, 6.45) is 0. The van der Waals surface area contributed by atoms with Crippen LogP contribution in [-0.4, -0.2) is 40.5 Å². The first-order valence-corrected chi connectivity index (χ1v) is 5.30. The van der Waals surface area contributed by atoms with Crippen molar-refractivity contribution in [2.24, 2.45) is 0 Å². The van der Waals surface area contributed by atoms with Gasteiger partial charge in [-0.3, -0.25) is 14.9 Å². The number of urea groups is 1. The van der Waals surface area contributed by atoms with Crippen LogP contribution in [0.2, 0.25) is 0 Å². The van der Waals surface area contributed by atoms with Gasteiger partial charge in [0.25, 0.3) is 5.69 Å². The second-order valence-corrected chi connectivity index (χ2v) is 3.94. The van der Waals surface area contributed by atoms with E-state index < -0.39 is 23.5 Å². The summed E-state index contributed by atoms with van der Waals surface area (Å²) in [6.45, 7) is 1.18. The number of likely N-dealkylation sites (N-methyl/N-ethyl adjacent to an activating group) is 1. The largest absolute Gasteiger partial charge is 0.480 e. The van der Waals surface area contributed by atoms with Crippen molar-refractivity contribution in [1.29, 1.82) is 0 Å². The molecular formula is C11H13N3O5. The van der Waals surface area contributed by atoms with Gasteiger partial charge in [0.15, 0.2) is 0 Å². The molecule has 1 rings (SSSR count). The minimum absolute atomic E-state index is 0.0746. The van der Waals surface area contributed by atoms with Gasteiger partial charge in [0.05, 0.1) is 4.92 Å². The number of anilines is 1. The van der Waals surface area contributed by atoms with Crippen LogP contribution >= 0.6 is 0 Å². The second kappa shape index (κ2) is 5.80. The number of benzene rings is 1. The van der Waals surface area contributed by atoms with Gasteiger partial charge in [-0.25, -0.2) is 4.79 Å². The number of aliphatic carboxylic acids is 1. The molecule has 0 unspecified atom stereocenters. The number of carbonyl (C=O) groups excluding carboxylic acids is 1. The molecule has 0 aliphatic carbocycles. The number of rotatable bonds is 4. The Balaban J connectivity index is 2.80. The lowest BCUT2D eigenvalue weighted by Gasteiger charge is -2.16. The molecule has 0 saturated carbocycles. The van der Waals surface area contributed by atoms with Crippen molar-refractivity contribution in [3.63, 3.8) is 0 Å². The fraction of sp³-hybridized carbons (Fsp3) is 0.273. The molecule has 0 bridgehead atoms. The standard InChI is InChI=1S/C11H13N3O5/c1-7-5-8(14(18)19)3-4-9(7)12-11(17)13(2)6-10(15)16/h3-5H,6H2,1-2H3,(H,12,17)(H,15,16). The molecule has 2 N–H and O–H groups in total. The number of nitro benzene ring substituents is 1. The first-order valence-electron chi connectivity index (χ1n) is 5.30. The molecule has 8 heteroatoms. The van der Waals surface area contributed by atoms with Gasteiger partial charge in [-0.1, -0.05) is 0 Å². The van der Waals surface area contributed by atoms with E-state index in [0.29, 0.717) is 11.3 Å². The Labute approximate surface area is 108 Å². The Morgan fingerprint density at radius 3 is 2.58 bits per heavy atom. The number of nitrogens with zero attached hydrogens (tertiary/aromatic N) is 2. The summed E-state index contributed by atoms with van der Waals surface area (Å²) >= 11 is 0. The Bertz CT molecular complexity index is 529. The van der Waals surface area contributed by atoms with Gasteiger partial charge >= 0.3 is 12.0 Å². The highest BCUT2D eigenvalue weighted by Crippen LogP contribution is 2.21. The molecule has 1 aromatic rings. The Morgan fingerprint density at radius 2 is 2.11 bits per heavy atom. The number of non-ortho nitro benzene ring substituents is 1. The highest BCUT2D eigenvalue weighted by Gasteiger charge is 2.14. The van der Waals surface area contributed by atoms with E-state index in [0.717, 1.165) is 4.90 Å². The second-order valence-electron chi connectivity index (χ2n) is 3.94. The summed E-state index contributed by atoms with van der Waals surface area (Å²) in [5.41, 5.74) is 0.841. The fourth-order valence-corrected chi connectivity index (χ4v) is 1.39. The number of hydrogen-bond acceptors (Lipinski definition) is 4. The van der Waals surface area contributed by atoms with Crippen molar-refractivity contribution in [2.75, 3.05) is 18.9 Å². The quantitative estimate of drug-likeness (QED) is 0.633. The van der Waals surface area contributed by atoms with Crippen LogP contribution in [-0.2, 0) is 4.79 Å². The van der Waals surface area contributed by atoms with E-state index in [1.54, 1.807) is 6.92 Å². The number of nitrogens with one attached hydrogen (secondary N) is 1. The van der Waals surface area contributed by atoms with Crippen LogP contribution < -0.4 is 5.32 Å². The molecule has 0 heterocycles. The molecule has 0 spiro atoms. The van der Waals surface area contributed by atoms with E-state index in [4.69, 9.17) is 5.11 Å². The van der Waals surface area contributed by atoms with Gasteiger partial charge in [0.2, 0.25) is 0 Å². The number of hydrogen-bond donors (Lipinski definition) is 2. The predicted molar refractivity (Wildman–Crippen MR) is 67.1 cm³/mol. The molecule has 0 radical (unpaired) electrons. The van der Waals surface area contributed by atoms with Gasteiger partial charge in [-0.05, 0) is 18.6 Å². The molecule has 0 fully saturated rings. The Hall–Kier alpha value is -2.64. The molecular weight excluding hydrogens is 254 g/mol. The zero-order valence-corrected chi connectivity index (χ0v) is 10.4. The number of carbonyl (C=O) groups is 2. The first kappa shape index (κ1) is 14.4. The van der Waals surface area contributed by atoms with E-state index in [-0.39, 0.29) is 5.69 Å². The van der Waals surface area contributed by atoms with Gasteiger partial charge in [0, 0.05) is 24.9 Å². The van der Waals surface area contributed by atoms with Crippen LogP contribution in [0.3, 0.4) is 0 Å². The van der Waals surface area contributed by atoms with Crippen LogP contribution in [0.4, 0.5) is 16.2 Å². The highest BCUT2D eigenvalue weighted by molar-refractivity contribution is 5.91. The zero-order valence-electron chi connectivity index (χ0n) is 10.4. The van der Waals surface area contributed by atoms with E-state index in [9.17, 15) is 19.7 Å². The monoisotopic (exact) mass is 267 g/mol. The van der Waals surface area contributed by atoms with Crippen LogP contribution in [0.5, 0.6) is 0 Å². The first-order chi connectivity index (χ1) is 8.81. The predicted octanol–water partition coefficient (Wildman–Crippen LogP) is 1.45. The third-order valence-corrected chi connectivity index (χ3v) is 2.38. The minimum atomic E-state index is -1.13. The molecule has 0 atom stereocenters. The van der Waals surface area contributed by atoms with Crippen LogP contribution in [0.1, 0.15) is 5.56 Å². The molecule has 0 aliphatic rings. The van der Waals surface area contributed by atoms with Crippen LogP contribution in [0.15, 0.2) is 18.2 Å². The summed E-state index contributed by atoms with van der Waals surface area (Å²) in [5.74, 6) is -1.13. The fourth-order valence-electron chi connectivity index (χ4n) is 1.39. The average molecular weight is 267 g/mol. The van der Waals surface area contributed by atoms with Crippen LogP contribution in [0, 0.1) is 17.0 Å². The van der Waals surface area contributed by atoms with Crippen LogP contribution in [0.25, 0.3) is 0 Å². The molecule has 102 valence electrons. The lowest BCUT2D eigenvalue weighted by Crippen LogP contribution is -2.35. The number of nitro groups is 1. The molecule has 0 aromatic heterocycles. The number of carboxylic acid groups (broad SMARTS) is 1. The normalized spacial score (nSPS) is 9.79. The SMILES string of the molecule is Cc1cc([N+](=O)[O-])ccc1NC(=O)N(C)CC(=O)O. The number of carboxylic acids is 1. The molecule has 1 aromatic carbocycles. The van der Waals surface area contributed by atoms with Crippen molar-refractivity contribution in [3.05, 3.63) is 33.9 Å². The molecule has 0 aliphatic heterocycles. The summed E-state index contributed by atoms with van der Waals surface area (Å²) in [6, 6.07) is 3.39. The topological polar surface area (TPSA) is 113 Å². The van der Waals surface area contributed by atoms with Gasteiger partial charge < -0.3 is 15.3 Å². The summed E-state index contributed by atoms with van der Waals surface area (Å²) in [5, 5.41) is 21.6. The van der Waals surface area contributed by atoms with E-state index >= 15 is 0 Å². The maximum Gasteiger partial charge on any atom is 0.323 e. The van der Waals surface area contributed by atoms with Crippen molar-refractivity contribution in [2.45, 2.75) is 6.92 Å². The lowest BCUT2D eigenvalue weighted by molar-refractivity contribution is -0.384. The van der Waals surface area contributed by atoms with E-state index in [1.165, 1.54) is 25.2 Å². The van der Waals surface area contributed by atoms with Crippen molar-refractivity contribution in [1.82, 2.24) is 4.90 Å². The smallest absolute Gasteiger partial charge is 0.323 e. The Kier molecular flexibility index (Phi) is 4.41. The molecule has 8 nitrogen and oxygen atoms in total. The minimum Gasteiger partial charge on any atom is -0.480 e. The highest BCUT2D eigenvalue weighted by atomic mass is 16.6. The van der Waals surface area contributed by atoms with Crippen molar-refractivity contribution >= 4 is 23.4 Å². The van der Waals surface area contributed by atoms with E-state index in [2.05, 4.69) is 5.32 Å². The van der Waals surface area contributed by atoms with E-state index in [1.807, 2.05) is 0 Å². The third kappa shape index (κ3) is 3.95. The molecule has 2 amide bonds. The van der Waals surface area contributed by atoms with Gasteiger partial charge in [-0.2, -0.15) is 0 Å². The maximum atomic E-state index is 11.6. The average Bonchev–Trinajstić information content (AvgIpc) is 2.30. The molecule has 0 saturated heterocycles. The zero-order chi connectivity index (χ0) is 14.6. The van der Waals surface area contributed by atoms with Gasteiger partial charge in [0.1, 0.15) is 6.54 Å². The maximum absolute atomic E-state index is 11.6. The van der Waals surface area contributed by atoms with Crippen molar-refractivity contribution < 1.29 is 19.6 Å². The summed E-state index contributed by atoms with van der Waals surface area (Å²) in [7, 11) is 1.34. The number of amides is 2. The van der Waals surface area contributed by atoms with Gasteiger partial charge in [-0.15, -0.1) is 0 Å². The lowest BCUT2D eigenvalue weighted by atomic mass is 10.2. The van der Waals surface area contributed by atoms with Crippen molar-refractivity contribution in [3.8, 4) is 0 Å². The third-order valence-electron chi connectivity index (χ3n) is 2.38. The summed E-state index contributed by atoms with van der Waals surface area (Å²) < 4.78 is 0. The Morgan fingerprint density at radius 1 is 1.47 bits per heavy atom. The summed E-state index contributed by atoms with van der Waals surface area (Å²) in [4.78, 5) is 33.1. The number of aryl methyl sites for hydroxylation is 1. The molecule has 19 heavy (non-hydrogen) atoms.